The highest BCUT2D eigenvalue weighted by Gasteiger charge is 2.26. The zero-order valence-electron chi connectivity index (χ0n) is 11.7. The summed E-state index contributed by atoms with van der Waals surface area (Å²) in [6.07, 6.45) is 3.07. The fourth-order valence-electron chi connectivity index (χ4n) is 2.71. The molecule has 0 saturated carbocycles. The van der Waals surface area contributed by atoms with Gasteiger partial charge >= 0.3 is 0 Å². The van der Waals surface area contributed by atoms with E-state index in [0.717, 1.165) is 29.6 Å². The van der Waals surface area contributed by atoms with Crippen molar-refractivity contribution in [3.63, 3.8) is 0 Å². The molecule has 0 amide bonds. The molecule has 0 radical (unpaired) electrons. The Morgan fingerprint density at radius 2 is 1.95 bits per heavy atom. The Morgan fingerprint density at radius 1 is 1.19 bits per heavy atom. The molecular weight excluding hydrogens is 286 g/mol. The van der Waals surface area contributed by atoms with Crippen LogP contribution >= 0.6 is 0 Å². The third-order valence-corrected chi connectivity index (χ3v) is 5.80. The van der Waals surface area contributed by atoms with Gasteiger partial charge < -0.3 is 5.32 Å². The topological polar surface area (TPSA) is 71.1 Å². The zero-order chi connectivity index (χ0) is 14.7. The van der Waals surface area contributed by atoms with Crippen LogP contribution in [0.3, 0.4) is 0 Å². The molecule has 2 heterocycles. The standard InChI is InChI=1S/C15H19N3O2S/c19-21(20,14-6-9-16-10-7-14)18-11-13-4-1-3-12-5-2-8-17-15(12)13/h1-5,8,14,16,18H,6-7,9-11H2. The van der Waals surface area contributed by atoms with Gasteiger partial charge in [0.15, 0.2) is 0 Å². The van der Waals surface area contributed by atoms with Gasteiger partial charge in [0.2, 0.25) is 10.0 Å². The number of hydrogen-bond donors (Lipinski definition) is 2. The predicted octanol–water partition coefficient (Wildman–Crippen LogP) is 1.41. The van der Waals surface area contributed by atoms with E-state index in [1.54, 1.807) is 6.20 Å². The van der Waals surface area contributed by atoms with Gasteiger partial charge in [0, 0.05) is 18.1 Å². The SMILES string of the molecule is O=S(=O)(NCc1cccc2cccnc12)C1CCNCC1. The van der Waals surface area contributed by atoms with Crippen LogP contribution in [0, 0.1) is 0 Å². The first-order valence-electron chi connectivity index (χ1n) is 7.19. The summed E-state index contributed by atoms with van der Waals surface area (Å²) >= 11 is 0. The van der Waals surface area contributed by atoms with Crippen LogP contribution < -0.4 is 10.0 Å². The minimum absolute atomic E-state index is 0.290. The number of pyridine rings is 1. The second kappa shape index (κ2) is 6.09. The quantitative estimate of drug-likeness (QED) is 0.896. The Kier molecular flexibility index (Phi) is 4.19. The van der Waals surface area contributed by atoms with Gasteiger partial charge in [-0.15, -0.1) is 0 Å². The summed E-state index contributed by atoms with van der Waals surface area (Å²) < 4.78 is 27.4. The highest BCUT2D eigenvalue weighted by Crippen LogP contribution is 2.17. The summed E-state index contributed by atoms with van der Waals surface area (Å²) in [5.74, 6) is 0. The van der Waals surface area contributed by atoms with Crippen LogP contribution in [0.25, 0.3) is 10.9 Å². The molecule has 1 aromatic carbocycles. The zero-order valence-corrected chi connectivity index (χ0v) is 12.6. The van der Waals surface area contributed by atoms with Gasteiger partial charge in [-0.05, 0) is 37.6 Å². The fraction of sp³-hybridized carbons (Fsp3) is 0.400. The molecule has 1 fully saturated rings. The molecule has 2 aromatic rings. The van der Waals surface area contributed by atoms with Crippen molar-refractivity contribution in [2.75, 3.05) is 13.1 Å². The smallest absolute Gasteiger partial charge is 0.214 e. The second-order valence-electron chi connectivity index (χ2n) is 5.31. The van der Waals surface area contributed by atoms with Crippen LogP contribution in [-0.2, 0) is 16.6 Å². The van der Waals surface area contributed by atoms with Crippen LogP contribution in [0.4, 0.5) is 0 Å². The van der Waals surface area contributed by atoms with Crippen LogP contribution in [-0.4, -0.2) is 31.7 Å². The third kappa shape index (κ3) is 3.23. The lowest BCUT2D eigenvalue weighted by atomic mass is 10.1. The van der Waals surface area contributed by atoms with E-state index in [0.29, 0.717) is 19.4 Å². The summed E-state index contributed by atoms with van der Waals surface area (Å²) in [6, 6.07) is 9.68. The van der Waals surface area contributed by atoms with E-state index in [2.05, 4.69) is 15.0 Å². The number of hydrogen-bond acceptors (Lipinski definition) is 4. The largest absolute Gasteiger partial charge is 0.317 e. The van der Waals surface area contributed by atoms with Crippen molar-refractivity contribution in [2.24, 2.45) is 0 Å². The molecule has 0 spiro atoms. The fourth-order valence-corrected chi connectivity index (χ4v) is 4.16. The van der Waals surface area contributed by atoms with Crippen molar-refractivity contribution < 1.29 is 8.42 Å². The molecule has 2 N–H and O–H groups in total. The van der Waals surface area contributed by atoms with Gasteiger partial charge in [-0.25, -0.2) is 13.1 Å². The Hall–Kier alpha value is -1.50. The van der Waals surface area contributed by atoms with Gasteiger partial charge in [-0.3, -0.25) is 4.98 Å². The molecule has 0 unspecified atom stereocenters. The molecule has 1 aliphatic rings. The summed E-state index contributed by atoms with van der Waals surface area (Å²) in [6.45, 7) is 1.82. The molecule has 5 nitrogen and oxygen atoms in total. The Balaban J connectivity index is 1.77. The molecule has 0 bridgehead atoms. The van der Waals surface area contributed by atoms with Gasteiger partial charge in [-0.2, -0.15) is 0 Å². The number of piperidine rings is 1. The lowest BCUT2D eigenvalue weighted by molar-refractivity contribution is 0.489. The average molecular weight is 305 g/mol. The predicted molar refractivity (Wildman–Crippen MR) is 83.4 cm³/mol. The highest BCUT2D eigenvalue weighted by molar-refractivity contribution is 7.90. The maximum atomic E-state index is 12.3. The summed E-state index contributed by atoms with van der Waals surface area (Å²) in [7, 11) is -3.27. The molecule has 1 saturated heterocycles. The lowest BCUT2D eigenvalue weighted by Gasteiger charge is -2.23. The molecule has 3 rings (SSSR count). The Morgan fingerprint density at radius 3 is 2.76 bits per heavy atom. The normalized spacial score (nSPS) is 17.1. The molecular formula is C15H19N3O2S. The number of rotatable bonds is 4. The van der Waals surface area contributed by atoms with E-state index in [1.807, 2.05) is 30.3 Å². The van der Waals surface area contributed by atoms with Crippen molar-refractivity contribution >= 4 is 20.9 Å². The van der Waals surface area contributed by atoms with Gasteiger partial charge in [0.25, 0.3) is 0 Å². The van der Waals surface area contributed by atoms with Crippen LogP contribution in [0.1, 0.15) is 18.4 Å². The van der Waals surface area contributed by atoms with E-state index >= 15 is 0 Å². The van der Waals surface area contributed by atoms with Crippen LogP contribution in [0.15, 0.2) is 36.5 Å². The van der Waals surface area contributed by atoms with Crippen molar-refractivity contribution in [3.8, 4) is 0 Å². The van der Waals surface area contributed by atoms with Crippen molar-refractivity contribution in [1.29, 1.82) is 0 Å². The molecule has 6 heteroatoms. The van der Waals surface area contributed by atoms with Crippen molar-refractivity contribution in [1.82, 2.24) is 15.0 Å². The summed E-state index contributed by atoms with van der Waals surface area (Å²) in [5, 5.41) is 3.92. The Bertz CT molecular complexity index is 719. The minimum atomic E-state index is -3.27. The molecule has 0 atom stereocenters. The van der Waals surface area contributed by atoms with E-state index in [-0.39, 0.29) is 5.25 Å². The number of fused-ring (bicyclic) bond motifs is 1. The molecule has 1 aromatic heterocycles. The lowest BCUT2D eigenvalue weighted by Crippen LogP contribution is -2.41. The number of benzene rings is 1. The van der Waals surface area contributed by atoms with E-state index < -0.39 is 10.0 Å². The van der Waals surface area contributed by atoms with Gasteiger partial charge in [0.05, 0.1) is 10.8 Å². The molecule has 1 aliphatic heterocycles. The van der Waals surface area contributed by atoms with E-state index in [1.165, 1.54) is 0 Å². The first-order valence-corrected chi connectivity index (χ1v) is 8.73. The highest BCUT2D eigenvalue weighted by atomic mass is 32.2. The van der Waals surface area contributed by atoms with E-state index in [9.17, 15) is 8.42 Å². The average Bonchev–Trinajstić information content (AvgIpc) is 2.54. The minimum Gasteiger partial charge on any atom is -0.317 e. The number of para-hydroxylation sites is 1. The first kappa shape index (κ1) is 14.4. The number of sulfonamides is 1. The monoisotopic (exact) mass is 305 g/mol. The number of aromatic nitrogens is 1. The molecule has 21 heavy (non-hydrogen) atoms. The third-order valence-electron chi connectivity index (χ3n) is 3.91. The van der Waals surface area contributed by atoms with Crippen LogP contribution in [0.2, 0.25) is 0 Å². The molecule has 112 valence electrons. The van der Waals surface area contributed by atoms with Gasteiger partial charge in [0.1, 0.15) is 0 Å². The molecule has 0 aliphatic carbocycles. The first-order chi connectivity index (χ1) is 10.2. The van der Waals surface area contributed by atoms with Crippen molar-refractivity contribution in [2.45, 2.75) is 24.6 Å². The second-order valence-corrected chi connectivity index (χ2v) is 7.35. The number of nitrogens with one attached hydrogen (secondary N) is 2. The van der Waals surface area contributed by atoms with E-state index in [4.69, 9.17) is 0 Å². The maximum Gasteiger partial charge on any atom is 0.214 e. The summed E-state index contributed by atoms with van der Waals surface area (Å²) in [4.78, 5) is 4.35. The Labute approximate surface area is 124 Å². The van der Waals surface area contributed by atoms with Crippen molar-refractivity contribution in [3.05, 3.63) is 42.1 Å². The number of nitrogens with zero attached hydrogens (tertiary/aromatic N) is 1. The summed E-state index contributed by atoms with van der Waals surface area (Å²) in [5.41, 5.74) is 1.76. The maximum absolute atomic E-state index is 12.3. The van der Waals surface area contributed by atoms with Crippen LogP contribution in [0.5, 0.6) is 0 Å². The van der Waals surface area contributed by atoms with Gasteiger partial charge in [-0.1, -0.05) is 24.3 Å².